The fraction of sp³-hybridized carbons (Fsp3) is 0.267. The number of nitrogens with one attached hydrogen (secondary N) is 2. The number of alkyl halides is 1. The molecule has 2 N–H and O–H groups in total. The predicted octanol–water partition coefficient (Wildman–Crippen LogP) is 4.84. The van der Waals surface area contributed by atoms with Crippen LogP contribution >= 0.6 is 0 Å². The van der Waals surface area contributed by atoms with Crippen LogP contribution in [0.5, 0.6) is 5.75 Å². The number of halogens is 1. The van der Waals surface area contributed by atoms with Gasteiger partial charge in [-0.1, -0.05) is 12.6 Å². The lowest BCUT2D eigenvalue weighted by Crippen LogP contribution is -2.39. The number of benzene rings is 1. The van der Waals surface area contributed by atoms with Crippen LogP contribution in [0.4, 0.5) is 10.1 Å². The molecule has 204 valence electrons. The van der Waals surface area contributed by atoms with E-state index < -0.39 is 6.17 Å². The zero-order valence-electron chi connectivity index (χ0n) is 22.3. The van der Waals surface area contributed by atoms with Crippen LogP contribution in [-0.2, 0) is 0 Å². The molecule has 3 aromatic heterocycles. The van der Waals surface area contributed by atoms with Gasteiger partial charge < -0.3 is 24.7 Å². The van der Waals surface area contributed by atoms with Crippen LogP contribution in [0.15, 0.2) is 66.0 Å². The Labute approximate surface area is 231 Å². The predicted molar refractivity (Wildman–Crippen MR) is 151 cm³/mol. The minimum atomic E-state index is -0.884. The number of hydrogen-bond acceptors (Lipinski definition) is 8. The van der Waals surface area contributed by atoms with Gasteiger partial charge in [0, 0.05) is 55.8 Å². The highest BCUT2D eigenvalue weighted by Crippen LogP contribution is 2.38. The average Bonchev–Trinajstić information content (AvgIpc) is 3.61. The Balaban J connectivity index is 1.46. The topological polar surface area (TPSA) is 116 Å². The number of nitrogens with zero attached hydrogens (tertiary/aromatic N) is 4. The lowest BCUT2D eigenvalue weighted by molar-refractivity contribution is 0.0935. The smallest absolute Gasteiger partial charge is 0.270 e. The molecule has 1 amide bonds. The number of furan rings is 1. The van der Waals surface area contributed by atoms with Crippen molar-refractivity contribution in [2.75, 3.05) is 31.6 Å². The summed E-state index contributed by atoms with van der Waals surface area (Å²) in [6, 6.07) is 12.8. The van der Waals surface area contributed by atoms with Gasteiger partial charge in [-0.2, -0.15) is 5.26 Å². The summed E-state index contributed by atoms with van der Waals surface area (Å²) in [4.78, 5) is 23.4. The second-order valence-electron chi connectivity index (χ2n) is 9.62. The molecule has 1 saturated heterocycles. The van der Waals surface area contributed by atoms with Gasteiger partial charge in [0.15, 0.2) is 5.58 Å². The van der Waals surface area contributed by atoms with Crippen LogP contribution in [-0.4, -0.2) is 54.8 Å². The van der Waals surface area contributed by atoms with E-state index in [-0.39, 0.29) is 24.2 Å². The van der Waals surface area contributed by atoms with E-state index in [0.717, 1.165) is 16.8 Å². The lowest BCUT2D eigenvalue weighted by Gasteiger charge is -2.19. The molecular formula is C30H29FN6O3. The summed E-state index contributed by atoms with van der Waals surface area (Å²) >= 11 is 0. The Bertz CT molecular complexity index is 1610. The van der Waals surface area contributed by atoms with Gasteiger partial charge in [-0.25, -0.2) is 4.39 Å². The number of methoxy groups -OCH3 is 1. The van der Waals surface area contributed by atoms with E-state index in [2.05, 4.69) is 33.2 Å². The van der Waals surface area contributed by atoms with Gasteiger partial charge in [0.1, 0.15) is 35.0 Å². The highest BCUT2D eigenvalue weighted by Gasteiger charge is 2.24. The number of carbonyl (C=O) groups excluding carboxylic acids is 1. The summed E-state index contributed by atoms with van der Waals surface area (Å²) in [5, 5.41) is 15.7. The summed E-state index contributed by atoms with van der Waals surface area (Å²) in [5.74, 6) is 0.563. The number of aromatic nitrogens is 2. The van der Waals surface area contributed by atoms with Crippen molar-refractivity contribution in [1.29, 1.82) is 5.26 Å². The number of amides is 1. The van der Waals surface area contributed by atoms with Crippen molar-refractivity contribution in [1.82, 2.24) is 20.6 Å². The molecule has 0 radical (unpaired) electrons. The molecule has 4 aromatic rings. The zero-order chi connectivity index (χ0) is 28.2. The van der Waals surface area contributed by atoms with Gasteiger partial charge in [-0.05, 0) is 43.3 Å². The van der Waals surface area contributed by atoms with E-state index in [1.807, 2.05) is 30.0 Å². The molecule has 1 aliphatic rings. The summed E-state index contributed by atoms with van der Waals surface area (Å²) in [5.41, 5.74) is 4.65. The first-order valence-electron chi connectivity index (χ1n) is 12.9. The second-order valence-corrected chi connectivity index (χ2v) is 9.62. The molecule has 40 heavy (non-hydrogen) atoms. The first kappa shape index (κ1) is 26.7. The molecule has 0 unspecified atom stereocenters. The van der Waals surface area contributed by atoms with Crippen molar-refractivity contribution in [3.8, 4) is 34.3 Å². The standard InChI is InChI=1S/C30H29FN6O3/c1-4-33-15-18(2)36-30(38)25-13-27(39-3)23(16-35-25)28-12-24-29(40-28)22(7-9-34-24)19-5-6-26(20(11-19)14-32)37-10-8-21(31)17-37/h4-7,9,11-13,16,18,21,33H,1,8,10,15,17H2,2-3H3,(H,36,38)/t18-,21-/m0/s1. The number of fused-ring (bicyclic) bond motifs is 1. The molecule has 0 spiro atoms. The third kappa shape index (κ3) is 5.31. The Kier molecular flexibility index (Phi) is 7.64. The Morgan fingerprint density at radius 1 is 1.32 bits per heavy atom. The van der Waals surface area contributed by atoms with Crippen molar-refractivity contribution >= 4 is 22.7 Å². The molecule has 9 nitrogen and oxygen atoms in total. The summed E-state index contributed by atoms with van der Waals surface area (Å²) < 4.78 is 25.6. The number of hydrogen-bond donors (Lipinski definition) is 2. The van der Waals surface area contributed by atoms with Crippen molar-refractivity contribution < 1.29 is 18.3 Å². The molecule has 4 heterocycles. The fourth-order valence-corrected chi connectivity index (χ4v) is 4.83. The minimum Gasteiger partial charge on any atom is -0.496 e. The maximum atomic E-state index is 13.8. The van der Waals surface area contributed by atoms with E-state index in [9.17, 15) is 14.4 Å². The molecule has 5 rings (SSSR count). The fourth-order valence-electron chi connectivity index (χ4n) is 4.83. The number of carbonyl (C=O) groups is 1. The monoisotopic (exact) mass is 540 g/mol. The molecule has 1 aromatic carbocycles. The van der Waals surface area contributed by atoms with E-state index >= 15 is 0 Å². The van der Waals surface area contributed by atoms with Crippen molar-refractivity contribution in [2.24, 2.45) is 0 Å². The van der Waals surface area contributed by atoms with E-state index in [1.165, 1.54) is 13.3 Å². The molecule has 1 fully saturated rings. The van der Waals surface area contributed by atoms with Crippen LogP contribution in [0.3, 0.4) is 0 Å². The Morgan fingerprint density at radius 2 is 2.17 bits per heavy atom. The largest absolute Gasteiger partial charge is 0.496 e. The van der Waals surface area contributed by atoms with Crippen LogP contribution in [0, 0.1) is 11.3 Å². The van der Waals surface area contributed by atoms with Gasteiger partial charge in [0.05, 0.1) is 23.9 Å². The number of nitriles is 1. The van der Waals surface area contributed by atoms with Crippen LogP contribution in [0.25, 0.3) is 33.6 Å². The first-order valence-corrected chi connectivity index (χ1v) is 12.9. The number of ether oxygens (including phenoxy) is 1. The van der Waals surface area contributed by atoms with Gasteiger partial charge in [0.2, 0.25) is 0 Å². The molecule has 0 aliphatic carbocycles. The third-order valence-electron chi connectivity index (χ3n) is 6.84. The summed E-state index contributed by atoms with van der Waals surface area (Å²) in [7, 11) is 1.51. The zero-order valence-corrected chi connectivity index (χ0v) is 22.3. The van der Waals surface area contributed by atoms with Gasteiger partial charge >= 0.3 is 0 Å². The van der Waals surface area contributed by atoms with Gasteiger partial charge in [-0.15, -0.1) is 0 Å². The van der Waals surface area contributed by atoms with Gasteiger partial charge in [0.25, 0.3) is 5.91 Å². The molecule has 2 atom stereocenters. The average molecular weight is 541 g/mol. The lowest BCUT2D eigenvalue weighted by atomic mass is 10.0. The summed E-state index contributed by atoms with van der Waals surface area (Å²) in [6.07, 6.45) is 4.36. The number of rotatable bonds is 9. The normalized spacial score (nSPS) is 15.4. The van der Waals surface area contributed by atoms with Crippen molar-refractivity contribution in [2.45, 2.75) is 25.6 Å². The van der Waals surface area contributed by atoms with E-state index in [1.54, 1.807) is 30.6 Å². The SMILES string of the molecule is C=CNC[C@H](C)NC(=O)c1cc(OC)c(-c2cc3nccc(-c4ccc(N5CC[C@H](F)C5)c(C#N)c4)c3o2)cn1. The third-order valence-corrected chi connectivity index (χ3v) is 6.84. The summed E-state index contributed by atoms with van der Waals surface area (Å²) in [6.45, 7) is 6.88. The number of pyridine rings is 2. The molecule has 0 bridgehead atoms. The van der Waals surface area contributed by atoms with Crippen molar-refractivity contribution in [3.05, 3.63) is 72.8 Å². The molecule has 10 heteroatoms. The Morgan fingerprint density at radius 3 is 2.90 bits per heavy atom. The first-order chi connectivity index (χ1) is 19.4. The Hall–Kier alpha value is -4.91. The van der Waals surface area contributed by atoms with E-state index in [4.69, 9.17) is 9.15 Å². The quantitative estimate of drug-likeness (QED) is 0.310. The maximum absolute atomic E-state index is 13.8. The minimum absolute atomic E-state index is 0.135. The molecular weight excluding hydrogens is 511 g/mol. The maximum Gasteiger partial charge on any atom is 0.270 e. The van der Waals surface area contributed by atoms with E-state index in [0.29, 0.717) is 53.2 Å². The second kappa shape index (κ2) is 11.5. The molecule has 0 saturated carbocycles. The van der Waals surface area contributed by atoms with Crippen LogP contribution < -0.4 is 20.3 Å². The number of anilines is 1. The van der Waals surface area contributed by atoms with Gasteiger partial charge in [-0.3, -0.25) is 14.8 Å². The highest BCUT2D eigenvalue weighted by molar-refractivity contribution is 5.95. The van der Waals surface area contributed by atoms with Crippen molar-refractivity contribution in [3.63, 3.8) is 0 Å². The van der Waals surface area contributed by atoms with Crippen LogP contribution in [0.2, 0.25) is 0 Å². The highest BCUT2D eigenvalue weighted by atomic mass is 19.1. The molecule has 1 aliphatic heterocycles. The van der Waals surface area contributed by atoms with Crippen LogP contribution in [0.1, 0.15) is 29.4 Å².